The van der Waals surface area contributed by atoms with E-state index in [9.17, 15) is 9.59 Å². The zero-order valence-corrected chi connectivity index (χ0v) is 17.4. The van der Waals surface area contributed by atoms with Gasteiger partial charge in [-0.2, -0.15) is 4.99 Å². The van der Waals surface area contributed by atoms with Crippen LogP contribution in [0.2, 0.25) is 0 Å². The lowest BCUT2D eigenvalue weighted by atomic mass is 10.2. The van der Waals surface area contributed by atoms with E-state index in [1.807, 2.05) is 31.2 Å². The number of benzene rings is 2. The van der Waals surface area contributed by atoms with E-state index in [-0.39, 0.29) is 13.2 Å². The van der Waals surface area contributed by atoms with E-state index in [4.69, 9.17) is 18.9 Å². The summed E-state index contributed by atoms with van der Waals surface area (Å²) in [4.78, 5) is 29.0. The molecule has 4 rings (SSSR count). The second kappa shape index (κ2) is 8.58. The van der Waals surface area contributed by atoms with Crippen LogP contribution in [0.1, 0.15) is 5.56 Å². The monoisotopic (exact) mass is 428 g/mol. The minimum Gasteiger partial charge on any atom is -0.486 e. The smallest absolute Gasteiger partial charge is 0.325 e. The van der Waals surface area contributed by atoms with E-state index < -0.39 is 11.9 Å². The van der Waals surface area contributed by atoms with Crippen molar-refractivity contribution in [3.05, 3.63) is 46.8 Å². The number of aryl methyl sites for hydroxylation is 1. The van der Waals surface area contributed by atoms with Crippen molar-refractivity contribution in [1.82, 2.24) is 4.57 Å². The third kappa shape index (κ3) is 4.16. The Balaban J connectivity index is 1.68. The number of fused-ring (bicyclic) bond motifs is 2. The van der Waals surface area contributed by atoms with Crippen LogP contribution in [0.25, 0.3) is 10.2 Å². The number of aromatic nitrogens is 1. The van der Waals surface area contributed by atoms with E-state index in [1.165, 1.54) is 18.4 Å². The van der Waals surface area contributed by atoms with Crippen LogP contribution >= 0.6 is 11.3 Å². The van der Waals surface area contributed by atoms with Crippen molar-refractivity contribution in [1.29, 1.82) is 0 Å². The molecule has 156 valence electrons. The molecule has 0 radical (unpaired) electrons. The van der Waals surface area contributed by atoms with E-state index in [0.29, 0.717) is 40.8 Å². The largest absolute Gasteiger partial charge is 0.486 e. The van der Waals surface area contributed by atoms with Crippen LogP contribution in [0.3, 0.4) is 0 Å². The average molecular weight is 428 g/mol. The van der Waals surface area contributed by atoms with E-state index in [0.717, 1.165) is 10.3 Å². The highest BCUT2D eigenvalue weighted by Crippen LogP contribution is 2.35. The Morgan fingerprint density at radius 2 is 1.90 bits per heavy atom. The number of rotatable bonds is 5. The van der Waals surface area contributed by atoms with Crippen molar-refractivity contribution in [2.75, 3.05) is 26.9 Å². The van der Waals surface area contributed by atoms with Crippen LogP contribution < -0.4 is 19.0 Å². The summed E-state index contributed by atoms with van der Waals surface area (Å²) in [6.07, 6.45) is 0. The minimum atomic E-state index is -0.458. The molecule has 8 nitrogen and oxygen atoms in total. The first kappa shape index (κ1) is 20.0. The topological polar surface area (TPSA) is 88.4 Å². The molecule has 2 aromatic carbocycles. The summed E-state index contributed by atoms with van der Waals surface area (Å²) < 4.78 is 24.1. The minimum absolute atomic E-state index is 0.0824. The zero-order chi connectivity index (χ0) is 21.1. The van der Waals surface area contributed by atoms with Crippen LogP contribution in [0.15, 0.2) is 41.4 Å². The fourth-order valence-corrected chi connectivity index (χ4v) is 4.09. The summed E-state index contributed by atoms with van der Waals surface area (Å²) in [6.45, 7) is 2.53. The van der Waals surface area contributed by atoms with Crippen LogP contribution in [0.4, 0.5) is 0 Å². The lowest BCUT2D eigenvalue weighted by molar-refractivity contribution is -0.141. The summed E-state index contributed by atoms with van der Waals surface area (Å²) in [5.41, 5.74) is 1.64. The van der Waals surface area contributed by atoms with Crippen molar-refractivity contribution >= 4 is 33.4 Å². The molecule has 0 saturated heterocycles. The van der Waals surface area contributed by atoms with Crippen molar-refractivity contribution < 1.29 is 28.5 Å². The van der Waals surface area contributed by atoms with Crippen LogP contribution in [0.5, 0.6) is 17.2 Å². The molecule has 0 fully saturated rings. The first-order valence-corrected chi connectivity index (χ1v) is 10.1. The van der Waals surface area contributed by atoms with Gasteiger partial charge in [0.05, 0.1) is 17.3 Å². The Bertz CT molecular complexity index is 1180. The first-order valence-electron chi connectivity index (χ1n) is 9.31. The predicted molar refractivity (Wildman–Crippen MR) is 110 cm³/mol. The highest BCUT2D eigenvalue weighted by atomic mass is 32.1. The van der Waals surface area contributed by atoms with Gasteiger partial charge in [-0.1, -0.05) is 29.5 Å². The number of carbonyl (C=O) groups excluding carboxylic acids is 2. The van der Waals surface area contributed by atoms with Crippen molar-refractivity contribution in [3.8, 4) is 17.2 Å². The highest BCUT2D eigenvalue weighted by molar-refractivity contribution is 7.16. The molecule has 0 spiro atoms. The van der Waals surface area contributed by atoms with Gasteiger partial charge >= 0.3 is 5.97 Å². The first-order chi connectivity index (χ1) is 14.5. The molecule has 1 aromatic heterocycles. The molecule has 0 aliphatic carbocycles. The normalized spacial score (nSPS) is 13.3. The Labute approximate surface area is 176 Å². The van der Waals surface area contributed by atoms with Crippen LogP contribution in [-0.2, 0) is 20.9 Å². The third-order valence-corrected chi connectivity index (χ3v) is 5.57. The number of hydrogen-bond acceptors (Lipinski definition) is 7. The lowest BCUT2D eigenvalue weighted by Gasteiger charge is -2.18. The van der Waals surface area contributed by atoms with Gasteiger partial charge in [0, 0.05) is 12.1 Å². The maximum atomic E-state index is 12.5. The molecule has 1 amide bonds. The Morgan fingerprint density at radius 1 is 1.17 bits per heavy atom. The number of methoxy groups -OCH3 is 1. The van der Waals surface area contributed by atoms with Gasteiger partial charge in [-0.15, -0.1) is 0 Å². The average Bonchev–Trinajstić information content (AvgIpc) is 3.07. The summed E-state index contributed by atoms with van der Waals surface area (Å²) in [5, 5.41) is 0. The van der Waals surface area contributed by atoms with E-state index in [1.54, 1.807) is 16.7 Å². The number of thiazole rings is 1. The van der Waals surface area contributed by atoms with Crippen molar-refractivity contribution in [2.45, 2.75) is 13.5 Å². The molecule has 1 aliphatic heterocycles. The van der Waals surface area contributed by atoms with E-state index >= 15 is 0 Å². The number of esters is 1. The molecule has 0 unspecified atom stereocenters. The molecule has 3 aromatic rings. The molecule has 9 heteroatoms. The van der Waals surface area contributed by atoms with Crippen molar-refractivity contribution in [2.24, 2.45) is 4.99 Å². The third-order valence-electron chi connectivity index (χ3n) is 4.53. The second-order valence-electron chi connectivity index (χ2n) is 6.57. The number of hydrogen-bond donors (Lipinski definition) is 0. The summed E-state index contributed by atoms with van der Waals surface area (Å²) in [6, 6.07) is 11.1. The highest BCUT2D eigenvalue weighted by Gasteiger charge is 2.18. The van der Waals surface area contributed by atoms with Gasteiger partial charge in [-0.25, -0.2) is 0 Å². The van der Waals surface area contributed by atoms with Crippen LogP contribution in [-0.4, -0.2) is 43.4 Å². The molecule has 0 N–H and O–H groups in total. The maximum absolute atomic E-state index is 12.5. The number of para-hydroxylation sites is 1. The molecule has 2 heterocycles. The zero-order valence-electron chi connectivity index (χ0n) is 16.5. The van der Waals surface area contributed by atoms with Gasteiger partial charge in [0.1, 0.15) is 25.5 Å². The van der Waals surface area contributed by atoms with Gasteiger partial charge in [0.2, 0.25) is 0 Å². The van der Waals surface area contributed by atoms with Gasteiger partial charge < -0.3 is 23.5 Å². The van der Waals surface area contributed by atoms with Gasteiger partial charge in [-0.05, 0) is 18.6 Å². The predicted octanol–water partition coefficient (Wildman–Crippen LogP) is 2.46. The van der Waals surface area contributed by atoms with E-state index in [2.05, 4.69) is 4.99 Å². The number of nitrogens with zero attached hydrogens (tertiary/aromatic N) is 2. The summed E-state index contributed by atoms with van der Waals surface area (Å²) in [7, 11) is 1.31. The van der Waals surface area contributed by atoms with Gasteiger partial charge in [0.25, 0.3) is 5.91 Å². The molecule has 0 atom stereocenters. The SMILES string of the molecule is COC(=O)Cn1c(=NC(=O)COc2ccccc2C)sc2cc3c(cc21)OCCO3. The van der Waals surface area contributed by atoms with Crippen LogP contribution in [0, 0.1) is 6.92 Å². The standard InChI is InChI=1S/C21H20N2O6S/c1-13-5-3-4-6-15(13)29-12-19(24)22-21-23(11-20(25)26-2)14-9-16-17(10-18(14)30-21)28-8-7-27-16/h3-6,9-10H,7-8,11-12H2,1-2H3. The molecular weight excluding hydrogens is 408 g/mol. The van der Waals surface area contributed by atoms with Gasteiger partial charge in [0.15, 0.2) is 22.9 Å². The Hall–Kier alpha value is -3.33. The molecule has 0 bridgehead atoms. The van der Waals surface area contributed by atoms with Crippen molar-refractivity contribution in [3.63, 3.8) is 0 Å². The molecular formula is C21H20N2O6S. The Morgan fingerprint density at radius 3 is 2.63 bits per heavy atom. The quantitative estimate of drug-likeness (QED) is 0.580. The molecule has 0 saturated carbocycles. The Kier molecular flexibility index (Phi) is 5.71. The lowest BCUT2D eigenvalue weighted by Crippen LogP contribution is -2.23. The fourth-order valence-electron chi connectivity index (χ4n) is 3.04. The molecule has 30 heavy (non-hydrogen) atoms. The maximum Gasteiger partial charge on any atom is 0.325 e. The summed E-state index contributed by atoms with van der Waals surface area (Å²) in [5.74, 6) is 0.934. The second-order valence-corrected chi connectivity index (χ2v) is 7.58. The van der Waals surface area contributed by atoms with Gasteiger partial charge in [-0.3, -0.25) is 9.59 Å². The number of ether oxygens (including phenoxy) is 4. The summed E-state index contributed by atoms with van der Waals surface area (Å²) >= 11 is 1.28. The number of amides is 1. The number of carbonyl (C=O) groups is 2. The fraction of sp³-hybridized carbons (Fsp3) is 0.286. The molecule has 1 aliphatic rings.